The first-order valence-corrected chi connectivity index (χ1v) is 21.9. The summed E-state index contributed by atoms with van der Waals surface area (Å²) >= 11 is 0. The zero-order valence-electron chi connectivity index (χ0n) is 35.8. The van der Waals surface area contributed by atoms with Crippen molar-refractivity contribution < 1.29 is 0 Å². The van der Waals surface area contributed by atoms with Gasteiger partial charge in [0.25, 0.3) is 0 Å². The predicted molar refractivity (Wildman–Crippen MR) is 261 cm³/mol. The van der Waals surface area contributed by atoms with Gasteiger partial charge in [-0.2, -0.15) is 0 Å². The number of hydrogen-bond donors (Lipinski definition) is 1. The van der Waals surface area contributed by atoms with Crippen LogP contribution in [0.5, 0.6) is 0 Å². The van der Waals surface area contributed by atoms with Crippen LogP contribution < -0.4 is 5.32 Å². The van der Waals surface area contributed by atoms with Crippen molar-refractivity contribution in [2.24, 2.45) is 0 Å². The molecule has 11 rings (SSSR count). The molecule has 0 heterocycles. The van der Waals surface area contributed by atoms with Gasteiger partial charge in [-0.15, -0.1) is 0 Å². The highest BCUT2D eigenvalue weighted by Gasteiger charge is 2.54. The maximum absolute atomic E-state index is 3.69. The van der Waals surface area contributed by atoms with Crippen molar-refractivity contribution in [1.29, 1.82) is 0 Å². The van der Waals surface area contributed by atoms with Crippen LogP contribution in [0.15, 0.2) is 218 Å². The van der Waals surface area contributed by atoms with Crippen LogP contribution in [-0.2, 0) is 16.2 Å². The van der Waals surface area contributed by atoms with Crippen molar-refractivity contribution in [3.8, 4) is 33.4 Å². The first-order valence-electron chi connectivity index (χ1n) is 21.9. The van der Waals surface area contributed by atoms with Crippen molar-refractivity contribution in [3.05, 3.63) is 268 Å². The molecule has 0 aliphatic heterocycles. The lowest BCUT2D eigenvalue weighted by atomic mass is 9.55. The maximum Gasteiger partial charge on any atom is 0.0719 e. The lowest BCUT2D eigenvalue weighted by molar-refractivity contribution is 0.564. The predicted octanol–water partition coefficient (Wildman–Crippen LogP) is 15.4. The van der Waals surface area contributed by atoms with E-state index >= 15 is 0 Å². The lowest BCUT2D eigenvalue weighted by Gasteiger charge is -2.46. The van der Waals surface area contributed by atoms with E-state index in [1.165, 1.54) is 94.6 Å². The molecule has 0 radical (unpaired) electrons. The Hall–Kier alpha value is -7.22. The second-order valence-corrected chi connectivity index (χ2v) is 18.2. The Morgan fingerprint density at radius 1 is 0.387 bits per heavy atom. The van der Waals surface area contributed by atoms with E-state index in [1.807, 2.05) is 0 Å². The Morgan fingerprint density at radius 2 is 0.871 bits per heavy atom. The van der Waals surface area contributed by atoms with Crippen LogP contribution in [0.3, 0.4) is 0 Å². The normalized spacial score (nSPS) is 17.1. The van der Waals surface area contributed by atoms with Crippen molar-refractivity contribution in [2.75, 3.05) is 5.32 Å². The smallest absolute Gasteiger partial charge is 0.0719 e. The summed E-state index contributed by atoms with van der Waals surface area (Å²) in [7, 11) is 0. The number of allylic oxidation sites excluding steroid dienone is 4. The van der Waals surface area contributed by atoms with Crippen LogP contribution in [0.2, 0.25) is 0 Å². The van der Waals surface area contributed by atoms with E-state index in [1.54, 1.807) is 0 Å². The first-order chi connectivity index (χ1) is 30.3. The van der Waals surface area contributed by atoms with Crippen LogP contribution in [0.4, 0.5) is 5.69 Å². The first kappa shape index (κ1) is 37.8. The highest BCUT2D eigenvalue weighted by atomic mass is 14.8. The van der Waals surface area contributed by atoms with Crippen molar-refractivity contribution >= 4 is 17.3 Å². The minimum absolute atomic E-state index is 0.101. The van der Waals surface area contributed by atoms with Crippen LogP contribution in [0.1, 0.15) is 77.8 Å². The average Bonchev–Trinajstić information content (AvgIpc) is 3.71. The lowest BCUT2D eigenvalue weighted by Crippen LogP contribution is -2.40. The number of fused-ring (bicyclic) bond motifs is 9. The molecular formula is C61H49N. The van der Waals surface area contributed by atoms with E-state index in [-0.39, 0.29) is 10.8 Å². The Balaban J connectivity index is 1.10. The largest absolute Gasteiger partial charge is 0.362 e. The van der Waals surface area contributed by atoms with E-state index in [0.29, 0.717) is 0 Å². The topological polar surface area (TPSA) is 12.0 Å². The monoisotopic (exact) mass is 795 g/mol. The second kappa shape index (κ2) is 14.5. The molecule has 0 fully saturated rings. The van der Waals surface area contributed by atoms with Crippen LogP contribution in [0, 0.1) is 0 Å². The van der Waals surface area contributed by atoms with E-state index < -0.39 is 5.41 Å². The van der Waals surface area contributed by atoms with Gasteiger partial charge >= 0.3 is 0 Å². The summed E-state index contributed by atoms with van der Waals surface area (Å²) in [4.78, 5) is 0. The molecular weight excluding hydrogens is 747 g/mol. The molecule has 8 aromatic carbocycles. The van der Waals surface area contributed by atoms with Crippen molar-refractivity contribution in [3.63, 3.8) is 0 Å². The Labute approximate surface area is 366 Å². The Morgan fingerprint density at radius 3 is 1.48 bits per heavy atom. The third-order valence-electron chi connectivity index (χ3n) is 14.0. The number of hydrogen-bond acceptors (Lipinski definition) is 1. The van der Waals surface area contributed by atoms with Gasteiger partial charge in [-0.05, 0) is 125 Å². The zero-order chi connectivity index (χ0) is 42.1. The highest BCUT2D eigenvalue weighted by Crippen LogP contribution is 2.63. The molecule has 8 aromatic rings. The fourth-order valence-electron chi connectivity index (χ4n) is 11.1. The zero-order valence-corrected chi connectivity index (χ0v) is 35.8. The molecule has 0 unspecified atom stereocenters. The third-order valence-corrected chi connectivity index (χ3v) is 14.0. The summed E-state index contributed by atoms with van der Waals surface area (Å²) < 4.78 is 0. The molecule has 3 aliphatic carbocycles. The summed E-state index contributed by atoms with van der Waals surface area (Å²) in [5, 5.41) is 3.69. The molecule has 1 heteroatoms. The third kappa shape index (κ3) is 5.76. The van der Waals surface area contributed by atoms with Gasteiger partial charge in [0.1, 0.15) is 0 Å². The van der Waals surface area contributed by atoms with E-state index in [9.17, 15) is 0 Å². The number of rotatable bonds is 6. The summed E-state index contributed by atoms with van der Waals surface area (Å²) in [6.07, 6.45) is 9.14. The minimum Gasteiger partial charge on any atom is -0.362 e. The molecule has 0 aromatic heterocycles. The fraction of sp³-hybridized carbons (Fsp3) is 0.115. The van der Waals surface area contributed by atoms with Gasteiger partial charge in [-0.3, -0.25) is 0 Å². The van der Waals surface area contributed by atoms with Gasteiger partial charge in [-0.25, -0.2) is 0 Å². The fourth-order valence-corrected chi connectivity index (χ4v) is 11.1. The number of benzene rings is 8. The highest BCUT2D eigenvalue weighted by molar-refractivity contribution is 6.00. The molecule has 1 N–H and O–H groups in total. The summed E-state index contributed by atoms with van der Waals surface area (Å²) in [5.74, 6) is 0. The van der Waals surface area contributed by atoms with Gasteiger partial charge in [-0.1, -0.05) is 210 Å². The van der Waals surface area contributed by atoms with Gasteiger partial charge in [0, 0.05) is 22.7 Å². The molecule has 62 heavy (non-hydrogen) atoms. The maximum atomic E-state index is 3.69. The summed E-state index contributed by atoms with van der Waals surface area (Å²) in [5.41, 5.74) is 22.2. The molecule has 1 spiro atoms. The SMILES string of the molecule is CC1(C)c2ccccc2-c2ccc(\C=C3/C(=C\C=C\Nc4cc(-c5ccccc5)cc(-c5ccccc5)c4)c4ccccc4C34c3ccccc3C(C)(C)c3ccccc34)cc21. The van der Waals surface area contributed by atoms with Crippen LogP contribution in [-0.4, -0.2) is 0 Å². The van der Waals surface area contributed by atoms with Crippen LogP contribution in [0.25, 0.3) is 45.0 Å². The minimum atomic E-state index is -0.529. The van der Waals surface area contributed by atoms with Gasteiger partial charge < -0.3 is 5.32 Å². The molecule has 298 valence electrons. The molecule has 0 bridgehead atoms. The Kier molecular flexibility index (Phi) is 8.81. The molecule has 1 nitrogen and oxygen atoms in total. The van der Waals surface area contributed by atoms with Gasteiger partial charge in [0.2, 0.25) is 0 Å². The molecule has 0 saturated carbocycles. The average molecular weight is 796 g/mol. The van der Waals surface area contributed by atoms with Gasteiger partial charge in [0.15, 0.2) is 0 Å². The molecule has 3 aliphatic rings. The second-order valence-electron chi connectivity index (χ2n) is 18.2. The van der Waals surface area contributed by atoms with Crippen molar-refractivity contribution in [1.82, 2.24) is 0 Å². The summed E-state index contributed by atoms with van der Waals surface area (Å²) in [6, 6.07) is 71.7. The number of anilines is 1. The van der Waals surface area contributed by atoms with Crippen LogP contribution >= 0.6 is 0 Å². The standard InChI is InChI=1S/C61H49N/c1-59(2)51-27-13-11-24-47(51)50-34-33-41(36-57(50)59)37-58-49(26-19-35-62-46-39-44(42-20-7-5-8-21-42)38-45(40-46)43-22-9-6-10-23-43)48-25-12-14-28-52(48)61(58)55-31-17-15-29-53(55)60(3,4)54-30-16-18-32-56(54)61/h5-40,62H,1-4H3/b35-19+,49-26-,58-37+. The quantitative estimate of drug-likeness (QED) is 0.177. The Bertz CT molecular complexity index is 3030. The van der Waals surface area contributed by atoms with E-state index in [2.05, 4.69) is 252 Å². The van der Waals surface area contributed by atoms with Crippen molar-refractivity contribution in [2.45, 2.75) is 43.9 Å². The molecule has 0 amide bonds. The summed E-state index contributed by atoms with van der Waals surface area (Å²) in [6.45, 7) is 9.53. The molecule has 0 atom stereocenters. The molecule has 0 saturated heterocycles. The van der Waals surface area contributed by atoms with E-state index in [4.69, 9.17) is 0 Å². The van der Waals surface area contributed by atoms with Gasteiger partial charge in [0.05, 0.1) is 5.41 Å². The number of nitrogens with one attached hydrogen (secondary N) is 1. The van der Waals surface area contributed by atoms with E-state index in [0.717, 1.165) is 5.69 Å².